The summed E-state index contributed by atoms with van der Waals surface area (Å²) in [6.45, 7) is 1.57. The molecule has 1 N–H and O–H groups in total. The van der Waals surface area contributed by atoms with Crippen molar-refractivity contribution >= 4 is 27.5 Å². The number of hydrogen-bond donors (Lipinski definition) is 1. The minimum Gasteiger partial charge on any atom is -0.354 e. The molecule has 88 valence electrons. The van der Waals surface area contributed by atoms with E-state index in [0.29, 0.717) is 0 Å². The number of hydrogen-bond acceptors (Lipinski definition) is 4. The molecule has 0 saturated carbocycles. The molecular weight excluding hydrogens is 234 g/mol. The Morgan fingerprint density at radius 2 is 2.18 bits per heavy atom. The first-order valence-corrected chi connectivity index (χ1v) is 6.95. The Bertz CT molecular complexity index is 670. The van der Waals surface area contributed by atoms with Crippen LogP contribution in [0.4, 0.5) is 5.95 Å². The first-order chi connectivity index (χ1) is 8.34. The molecule has 0 saturated heterocycles. The van der Waals surface area contributed by atoms with Gasteiger partial charge in [0.2, 0.25) is 5.95 Å². The minimum absolute atomic E-state index is 0.161. The predicted octanol–water partition coefficient (Wildman–Crippen LogP) is 1.76. The Labute approximate surface area is 102 Å². The van der Waals surface area contributed by atoms with Crippen LogP contribution in [0.3, 0.4) is 0 Å². The molecule has 0 aromatic carbocycles. The predicted molar refractivity (Wildman–Crippen MR) is 69.0 cm³/mol. The molecule has 2 aromatic heterocycles. The molecule has 0 fully saturated rings. The van der Waals surface area contributed by atoms with E-state index in [9.17, 15) is 4.79 Å². The molecular formula is C12H13N3OS. The van der Waals surface area contributed by atoms with Gasteiger partial charge in [0.15, 0.2) is 0 Å². The molecule has 2 aliphatic rings. The van der Waals surface area contributed by atoms with E-state index in [1.54, 1.807) is 15.9 Å². The summed E-state index contributed by atoms with van der Waals surface area (Å²) in [5, 5.41) is 4.07. The first kappa shape index (κ1) is 9.65. The number of aromatic nitrogens is 2. The van der Waals surface area contributed by atoms with Crippen LogP contribution in [0.15, 0.2) is 4.79 Å². The molecule has 0 bridgehead atoms. The van der Waals surface area contributed by atoms with Gasteiger partial charge in [0.05, 0.1) is 5.39 Å². The third-order valence-corrected chi connectivity index (χ3v) is 4.88. The van der Waals surface area contributed by atoms with E-state index >= 15 is 0 Å². The van der Waals surface area contributed by atoms with Crippen LogP contribution in [-0.2, 0) is 19.4 Å². The zero-order chi connectivity index (χ0) is 11.4. The summed E-state index contributed by atoms with van der Waals surface area (Å²) in [6.07, 6.45) is 4.63. The number of nitrogens with one attached hydrogen (secondary N) is 1. The fourth-order valence-corrected chi connectivity index (χ4v) is 4.11. The molecule has 0 unspecified atom stereocenters. The Balaban J connectivity index is 2.12. The highest BCUT2D eigenvalue weighted by atomic mass is 32.1. The third kappa shape index (κ3) is 1.23. The van der Waals surface area contributed by atoms with Crippen molar-refractivity contribution in [2.45, 2.75) is 32.2 Å². The molecule has 3 heterocycles. The Morgan fingerprint density at radius 3 is 3.12 bits per heavy atom. The van der Waals surface area contributed by atoms with E-state index in [1.807, 2.05) is 0 Å². The maximum atomic E-state index is 12.4. The monoisotopic (exact) mass is 247 g/mol. The summed E-state index contributed by atoms with van der Waals surface area (Å²) in [5.74, 6) is 0.751. The molecule has 0 atom stereocenters. The van der Waals surface area contributed by atoms with Crippen LogP contribution >= 0.6 is 11.3 Å². The van der Waals surface area contributed by atoms with Gasteiger partial charge in [-0.2, -0.15) is 0 Å². The van der Waals surface area contributed by atoms with E-state index in [2.05, 4.69) is 10.3 Å². The van der Waals surface area contributed by atoms with Crippen LogP contribution in [0.25, 0.3) is 10.2 Å². The second kappa shape index (κ2) is 3.32. The highest BCUT2D eigenvalue weighted by molar-refractivity contribution is 7.18. The van der Waals surface area contributed by atoms with Crippen LogP contribution < -0.4 is 10.9 Å². The number of fused-ring (bicyclic) bond motifs is 4. The maximum absolute atomic E-state index is 12.4. The highest BCUT2D eigenvalue weighted by Crippen LogP contribution is 2.34. The molecule has 1 aliphatic heterocycles. The van der Waals surface area contributed by atoms with Gasteiger partial charge >= 0.3 is 0 Å². The van der Waals surface area contributed by atoms with E-state index in [0.717, 1.165) is 42.1 Å². The number of anilines is 1. The van der Waals surface area contributed by atoms with Gasteiger partial charge in [-0.15, -0.1) is 11.3 Å². The van der Waals surface area contributed by atoms with E-state index in [-0.39, 0.29) is 5.56 Å². The minimum atomic E-state index is 0.161. The summed E-state index contributed by atoms with van der Waals surface area (Å²) < 4.78 is 1.78. The van der Waals surface area contributed by atoms with Crippen LogP contribution in [0.1, 0.15) is 23.3 Å². The van der Waals surface area contributed by atoms with Gasteiger partial charge in [-0.25, -0.2) is 4.98 Å². The smallest absolute Gasteiger partial charge is 0.264 e. The Kier molecular flexibility index (Phi) is 1.88. The van der Waals surface area contributed by atoms with Crippen molar-refractivity contribution in [3.8, 4) is 0 Å². The quantitative estimate of drug-likeness (QED) is 0.771. The average molecular weight is 247 g/mol. The number of aryl methyl sites for hydroxylation is 2. The number of thiophene rings is 1. The average Bonchev–Trinajstić information content (AvgIpc) is 2.92. The molecule has 4 rings (SSSR count). The second-order valence-electron chi connectivity index (χ2n) is 4.71. The lowest BCUT2D eigenvalue weighted by molar-refractivity contribution is 0.698. The summed E-state index contributed by atoms with van der Waals surface area (Å²) >= 11 is 1.72. The molecule has 0 spiro atoms. The largest absolute Gasteiger partial charge is 0.354 e. The van der Waals surface area contributed by atoms with Gasteiger partial charge in [0.1, 0.15) is 4.83 Å². The lowest BCUT2D eigenvalue weighted by atomic mass is 9.97. The number of nitrogens with zero attached hydrogens (tertiary/aromatic N) is 2. The number of rotatable bonds is 0. The highest BCUT2D eigenvalue weighted by Gasteiger charge is 2.23. The zero-order valence-electron chi connectivity index (χ0n) is 9.45. The summed E-state index contributed by atoms with van der Waals surface area (Å²) in [4.78, 5) is 19.4. The fourth-order valence-electron chi connectivity index (χ4n) is 2.86. The van der Waals surface area contributed by atoms with Gasteiger partial charge in [0, 0.05) is 18.0 Å². The van der Waals surface area contributed by atoms with Gasteiger partial charge in [0.25, 0.3) is 5.56 Å². The van der Waals surface area contributed by atoms with Crippen LogP contribution in [0.5, 0.6) is 0 Å². The van der Waals surface area contributed by atoms with Crippen molar-refractivity contribution in [3.05, 3.63) is 20.8 Å². The normalized spacial score (nSPS) is 17.9. The van der Waals surface area contributed by atoms with Crippen LogP contribution in [-0.4, -0.2) is 16.1 Å². The second-order valence-corrected chi connectivity index (χ2v) is 5.79. The lowest BCUT2D eigenvalue weighted by Crippen LogP contribution is -2.19. The summed E-state index contributed by atoms with van der Waals surface area (Å²) in [6, 6.07) is 0. The fraction of sp³-hybridized carbons (Fsp3) is 0.500. The summed E-state index contributed by atoms with van der Waals surface area (Å²) in [7, 11) is 0. The van der Waals surface area contributed by atoms with Crippen molar-refractivity contribution < 1.29 is 0 Å². The molecule has 1 aliphatic carbocycles. The van der Waals surface area contributed by atoms with Gasteiger partial charge < -0.3 is 5.32 Å². The van der Waals surface area contributed by atoms with E-state index in [4.69, 9.17) is 0 Å². The van der Waals surface area contributed by atoms with Gasteiger partial charge in [-0.3, -0.25) is 9.36 Å². The molecule has 4 nitrogen and oxygen atoms in total. The molecule has 0 amide bonds. The topological polar surface area (TPSA) is 46.9 Å². The maximum Gasteiger partial charge on any atom is 0.264 e. The molecule has 5 heteroatoms. The van der Waals surface area contributed by atoms with Crippen LogP contribution in [0, 0.1) is 0 Å². The summed E-state index contributed by atoms with van der Waals surface area (Å²) in [5.41, 5.74) is 1.45. The standard InChI is InChI=1S/C12H13N3OS/c16-11-9-7-3-1-2-4-8(7)17-10(9)14-12-13-5-6-15(11)12/h1-6H2,(H,13,14). The van der Waals surface area contributed by atoms with E-state index < -0.39 is 0 Å². The first-order valence-electron chi connectivity index (χ1n) is 6.13. The van der Waals surface area contributed by atoms with Crippen LogP contribution in [0.2, 0.25) is 0 Å². The van der Waals surface area contributed by atoms with E-state index in [1.165, 1.54) is 23.3 Å². The SMILES string of the molecule is O=c1c2c3c(sc2nc2n1CCN2)CCCC3. The molecule has 0 radical (unpaired) electrons. The zero-order valence-corrected chi connectivity index (χ0v) is 10.3. The van der Waals surface area contributed by atoms with Crippen molar-refractivity contribution in [1.82, 2.24) is 9.55 Å². The van der Waals surface area contributed by atoms with Crippen molar-refractivity contribution in [2.24, 2.45) is 0 Å². The lowest BCUT2D eigenvalue weighted by Gasteiger charge is -2.10. The molecule has 2 aromatic rings. The third-order valence-electron chi connectivity index (χ3n) is 3.69. The van der Waals surface area contributed by atoms with Crippen molar-refractivity contribution in [1.29, 1.82) is 0 Å². The van der Waals surface area contributed by atoms with Gasteiger partial charge in [-0.05, 0) is 31.2 Å². The Hall–Kier alpha value is -1.36. The van der Waals surface area contributed by atoms with Crippen molar-refractivity contribution in [2.75, 3.05) is 11.9 Å². The molecule has 17 heavy (non-hydrogen) atoms. The van der Waals surface area contributed by atoms with Gasteiger partial charge in [-0.1, -0.05) is 0 Å². The Morgan fingerprint density at radius 1 is 1.29 bits per heavy atom. The van der Waals surface area contributed by atoms with Crippen molar-refractivity contribution in [3.63, 3.8) is 0 Å².